The van der Waals surface area contributed by atoms with E-state index in [1.54, 1.807) is 6.92 Å². The second-order valence-corrected chi connectivity index (χ2v) is 7.85. The van der Waals surface area contributed by atoms with Crippen LogP contribution in [0.2, 0.25) is 0 Å². The molecule has 1 saturated heterocycles. The van der Waals surface area contributed by atoms with Gasteiger partial charge in [-0.2, -0.15) is 0 Å². The Morgan fingerprint density at radius 1 is 1.34 bits per heavy atom. The highest BCUT2D eigenvalue weighted by Gasteiger charge is 2.28. The van der Waals surface area contributed by atoms with Gasteiger partial charge in [-0.1, -0.05) is 15.9 Å². The fourth-order valence-electron chi connectivity index (χ4n) is 3.58. The minimum absolute atomic E-state index is 0.122. The zero-order valence-electron chi connectivity index (χ0n) is 16.4. The molecule has 0 spiro atoms. The van der Waals surface area contributed by atoms with Crippen LogP contribution >= 0.6 is 15.9 Å². The Bertz CT molecular complexity index is 926. The predicted molar refractivity (Wildman–Crippen MR) is 112 cm³/mol. The normalized spacial score (nSPS) is 17.1. The van der Waals surface area contributed by atoms with Gasteiger partial charge in [0.15, 0.2) is 0 Å². The molecule has 0 unspecified atom stereocenters. The Balaban J connectivity index is 1.75. The fraction of sp³-hybridized carbons (Fsp3) is 0.450. The van der Waals surface area contributed by atoms with Crippen LogP contribution in [0.25, 0.3) is 10.9 Å². The summed E-state index contributed by atoms with van der Waals surface area (Å²) in [5, 5.41) is 3.55. The van der Waals surface area contributed by atoms with Crippen LogP contribution in [0, 0.1) is 5.92 Å². The molecule has 3 rings (SSSR count). The lowest BCUT2D eigenvalue weighted by molar-refractivity contribution is -0.150. The maximum absolute atomic E-state index is 12.7. The lowest BCUT2D eigenvalue weighted by Gasteiger charge is -2.30. The van der Waals surface area contributed by atoms with E-state index in [9.17, 15) is 14.4 Å². The van der Waals surface area contributed by atoms with Crippen LogP contribution in [0.3, 0.4) is 0 Å². The number of aromatic nitrogens is 1. The van der Waals surface area contributed by atoms with Crippen molar-refractivity contribution in [1.82, 2.24) is 9.88 Å². The minimum atomic E-state index is -0.562. The number of methoxy groups -OCH3 is 1. The number of amides is 1. The van der Waals surface area contributed by atoms with E-state index in [1.807, 2.05) is 23.1 Å². The van der Waals surface area contributed by atoms with E-state index < -0.39 is 5.97 Å². The number of rotatable bonds is 6. The molecule has 29 heavy (non-hydrogen) atoms. The lowest BCUT2D eigenvalue weighted by atomic mass is 9.98. The molecule has 1 aromatic carbocycles. The van der Waals surface area contributed by atoms with Crippen molar-refractivity contribution in [2.24, 2.45) is 5.92 Å². The molecule has 1 atom stereocenters. The molecular formula is C20H24BrN3O5. The molecule has 2 aromatic rings. The van der Waals surface area contributed by atoms with Crippen LogP contribution in [-0.4, -0.2) is 61.1 Å². The van der Waals surface area contributed by atoms with Crippen LogP contribution in [0.5, 0.6) is 0 Å². The van der Waals surface area contributed by atoms with Gasteiger partial charge in [-0.25, -0.2) is 4.79 Å². The predicted octanol–water partition coefficient (Wildman–Crippen LogP) is 2.93. The molecule has 0 radical (unpaired) electrons. The van der Waals surface area contributed by atoms with Gasteiger partial charge in [0, 0.05) is 21.9 Å². The van der Waals surface area contributed by atoms with E-state index in [1.165, 1.54) is 7.11 Å². The van der Waals surface area contributed by atoms with Crippen molar-refractivity contribution in [2.45, 2.75) is 19.8 Å². The molecule has 2 N–H and O–H groups in total. The second kappa shape index (κ2) is 9.41. The van der Waals surface area contributed by atoms with Gasteiger partial charge >= 0.3 is 11.9 Å². The minimum Gasteiger partial charge on any atom is -0.466 e. The number of H-pyrrole nitrogens is 1. The topological polar surface area (TPSA) is 101 Å². The van der Waals surface area contributed by atoms with E-state index >= 15 is 0 Å². The number of anilines is 1. The van der Waals surface area contributed by atoms with Crippen molar-refractivity contribution < 1.29 is 23.9 Å². The number of halogens is 1. The first-order valence-electron chi connectivity index (χ1n) is 9.51. The van der Waals surface area contributed by atoms with Crippen LogP contribution < -0.4 is 5.32 Å². The SMILES string of the molecule is CCOC(=O)[C@@H]1CCCN(CC(=O)Nc2c(C(=O)OC)[nH]c3ccc(Br)cc23)C1. The third-order valence-corrected chi connectivity index (χ3v) is 5.40. The number of piperidine rings is 1. The average molecular weight is 466 g/mol. The molecule has 1 fully saturated rings. The summed E-state index contributed by atoms with van der Waals surface area (Å²) in [5.74, 6) is -1.26. The average Bonchev–Trinajstić information content (AvgIpc) is 3.05. The third-order valence-electron chi connectivity index (χ3n) is 4.91. The number of esters is 2. The van der Waals surface area contributed by atoms with E-state index in [-0.39, 0.29) is 30.0 Å². The first-order chi connectivity index (χ1) is 13.9. The Morgan fingerprint density at radius 3 is 2.86 bits per heavy atom. The van der Waals surface area contributed by atoms with Gasteiger partial charge in [-0.15, -0.1) is 0 Å². The first-order valence-corrected chi connectivity index (χ1v) is 10.3. The summed E-state index contributed by atoms with van der Waals surface area (Å²) in [6.45, 7) is 3.46. The van der Waals surface area contributed by atoms with Crippen LogP contribution in [0.1, 0.15) is 30.3 Å². The number of hydrogen-bond acceptors (Lipinski definition) is 6. The molecular weight excluding hydrogens is 442 g/mol. The van der Waals surface area contributed by atoms with E-state index in [0.717, 1.165) is 23.9 Å². The summed E-state index contributed by atoms with van der Waals surface area (Å²) in [6, 6.07) is 5.48. The molecule has 0 aliphatic carbocycles. The van der Waals surface area contributed by atoms with Crippen LogP contribution in [0.15, 0.2) is 22.7 Å². The van der Waals surface area contributed by atoms with Crippen molar-refractivity contribution in [2.75, 3.05) is 38.7 Å². The molecule has 2 heterocycles. The number of carbonyl (C=O) groups is 3. The summed E-state index contributed by atoms with van der Waals surface area (Å²) in [6.07, 6.45) is 1.59. The van der Waals surface area contributed by atoms with Crippen molar-refractivity contribution in [3.05, 3.63) is 28.4 Å². The summed E-state index contributed by atoms with van der Waals surface area (Å²) in [7, 11) is 1.29. The molecule has 0 saturated carbocycles. The number of benzene rings is 1. The van der Waals surface area contributed by atoms with E-state index in [0.29, 0.717) is 29.7 Å². The summed E-state index contributed by atoms with van der Waals surface area (Å²) in [5.41, 5.74) is 1.29. The molecule has 9 heteroatoms. The monoisotopic (exact) mass is 465 g/mol. The highest BCUT2D eigenvalue weighted by molar-refractivity contribution is 9.10. The van der Waals surface area contributed by atoms with Gasteiger partial charge in [0.2, 0.25) is 5.91 Å². The zero-order chi connectivity index (χ0) is 21.0. The van der Waals surface area contributed by atoms with Gasteiger partial charge in [0.05, 0.1) is 31.9 Å². The van der Waals surface area contributed by atoms with Gasteiger partial charge in [0.25, 0.3) is 0 Å². The summed E-state index contributed by atoms with van der Waals surface area (Å²) < 4.78 is 10.8. The number of nitrogens with zero attached hydrogens (tertiary/aromatic N) is 1. The van der Waals surface area contributed by atoms with Crippen molar-refractivity contribution in [3.8, 4) is 0 Å². The Morgan fingerprint density at radius 2 is 2.14 bits per heavy atom. The Labute approximate surface area is 177 Å². The van der Waals surface area contributed by atoms with E-state index in [2.05, 4.69) is 26.2 Å². The van der Waals surface area contributed by atoms with Crippen LogP contribution in [-0.2, 0) is 19.1 Å². The number of ether oxygens (including phenoxy) is 2. The number of likely N-dealkylation sites (tertiary alicyclic amines) is 1. The summed E-state index contributed by atoms with van der Waals surface area (Å²) in [4.78, 5) is 41.8. The standard InChI is InChI=1S/C20H24BrN3O5/c1-3-29-19(26)12-5-4-8-24(10-12)11-16(25)23-17-14-9-13(21)6-7-15(14)22-18(17)20(27)28-2/h6-7,9,12,22H,3-5,8,10-11H2,1-2H3,(H,23,25)/t12-/m1/s1. The molecule has 8 nitrogen and oxygen atoms in total. The molecule has 0 bridgehead atoms. The lowest BCUT2D eigenvalue weighted by Crippen LogP contribution is -2.43. The molecule has 1 aromatic heterocycles. The molecule has 1 aliphatic rings. The quantitative estimate of drug-likeness (QED) is 0.636. The number of aromatic amines is 1. The van der Waals surface area contributed by atoms with Crippen molar-refractivity contribution >= 4 is 50.4 Å². The highest BCUT2D eigenvalue weighted by Crippen LogP contribution is 2.31. The molecule has 1 aliphatic heterocycles. The highest BCUT2D eigenvalue weighted by atomic mass is 79.9. The maximum atomic E-state index is 12.7. The largest absolute Gasteiger partial charge is 0.466 e. The molecule has 1 amide bonds. The molecule has 156 valence electrons. The number of fused-ring (bicyclic) bond motifs is 1. The van der Waals surface area contributed by atoms with Gasteiger partial charge in [-0.05, 0) is 44.5 Å². The number of carbonyl (C=O) groups excluding carboxylic acids is 3. The Hall–Kier alpha value is -2.39. The maximum Gasteiger partial charge on any atom is 0.356 e. The van der Waals surface area contributed by atoms with Crippen molar-refractivity contribution in [3.63, 3.8) is 0 Å². The Kier molecular flexibility index (Phi) is 6.92. The smallest absolute Gasteiger partial charge is 0.356 e. The second-order valence-electron chi connectivity index (χ2n) is 6.93. The fourth-order valence-corrected chi connectivity index (χ4v) is 3.94. The van der Waals surface area contributed by atoms with Gasteiger partial charge in [-0.3, -0.25) is 14.5 Å². The van der Waals surface area contributed by atoms with E-state index in [4.69, 9.17) is 9.47 Å². The van der Waals surface area contributed by atoms with Gasteiger partial charge in [0.1, 0.15) is 5.69 Å². The van der Waals surface area contributed by atoms with Crippen LogP contribution in [0.4, 0.5) is 5.69 Å². The first kappa shape index (κ1) is 21.3. The van der Waals surface area contributed by atoms with Crippen molar-refractivity contribution in [1.29, 1.82) is 0 Å². The number of hydrogen-bond donors (Lipinski definition) is 2. The summed E-state index contributed by atoms with van der Waals surface area (Å²) >= 11 is 3.41. The zero-order valence-corrected chi connectivity index (χ0v) is 18.0. The number of nitrogens with one attached hydrogen (secondary N) is 2. The third kappa shape index (κ3) is 4.97. The van der Waals surface area contributed by atoms with Gasteiger partial charge < -0.3 is 19.8 Å².